The maximum Gasteiger partial charge on any atom is 0.224 e. The number of benzene rings is 1. The molecule has 0 aliphatic carbocycles. The Morgan fingerprint density at radius 2 is 1.97 bits per heavy atom. The first kappa shape index (κ1) is 23.2. The van der Waals surface area contributed by atoms with E-state index in [0.29, 0.717) is 13.0 Å². The number of nitrogens with zero attached hydrogens (tertiary/aromatic N) is 2. The number of piperazine rings is 1. The molecule has 0 atom stereocenters. The second kappa shape index (κ2) is 11.8. The van der Waals surface area contributed by atoms with Crippen LogP contribution in [0.15, 0.2) is 28.8 Å². The minimum absolute atomic E-state index is 0. The molecule has 1 saturated heterocycles. The van der Waals surface area contributed by atoms with Gasteiger partial charge in [0.05, 0.1) is 17.7 Å². The van der Waals surface area contributed by atoms with Crippen molar-refractivity contribution < 1.29 is 14.1 Å². The first-order valence-electron chi connectivity index (χ1n) is 9.95. The van der Waals surface area contributed by atoms with Crippen LogP contribution in [0.2, 0.25) is 0 Å². The van der Waals surface area contributed by atoms with Crippen LogP contribution >= 0.6 is 12.4 Å². The largest absolute Gasteiger partial charge is 0.489 e. The molecule has 7 nitrogen and oxygen atoms in total. The van der Waals surface area contributed by atoms with E-state index in [1.165, 1.54) is 0 Å². The first-order valence-corrected chi connectivity index (χ1v) is 9.95. The third-order valence-electron chi connectivity index (χ3n) is 5.04. The van der Waals surface area contributed by atoms with E-state index >= 15 is 0 Å². The van der Waals surface area contributed by atoms with Crippen molar-refractivity contribution in [2.75, 3.05) is 39.3 Å². The lowest BCUT2D eigenvalue weighted by Gasteiger charge is -2.27. The number of rotatable bonds is 9. The van der Waals surface area contributed by atoms with Crippen LogP contribution in [0.25, 0.3) is 0 Å². The third kappa shape index (κ3) is 7.34. The molecule has 1 amide bonds. The predicted octanol–water partition coefficient (Wildman–Crippen LogP) is 2.25. The van der Waals surface area contributed by atoms with E-state index in [9.17, 15) is 4.79 Å². The quantitative estimate of drug-likeness (QED) is 0.603. The average molecular weight is 423 g/mol. The molecule has 1 aromatic carbocycles. The summed E-state index contributed by atoms with van der Waals surface area (Å²) in [5.74, 6) is 1.60. The van der Waals surface area contributed by atoms with Crippen LogP contribution in [0.1, 0.15) is 29.0 Å². The van der Waals surface area contributed by atoms with Crippen LogP contribution in [0.5, 0.6) is 5.75 Å². The highest BCUT2D eigenvalue weighted by atomic mass is 35.5. The van der Waals surface area contributed by atoms with Gasteiger partial charge in [0.1, 0.15) is 18.1 Å². The van der Waals surface area contributed by atoms with Crippen LogP contribution in [0.3, 0.4) is 0 Å². The molecule has 160 valence electrons. The van der Waals surface area contributed by atoms with Gasteiger partial charge in [-0.2, -0.15) is 0 Å². The van der Waals surface area contributed by atoms with Gasteiger partial charge in [-0.15, -0.1) is 12.4 Å². The minimum Gasteiger partial charge on any atom is -0.489 e. The van der Waals surface area contributed by atoms with Crippen molar-refractivity contribution >= 4 is 18.3 Å². The molecular formula is C21H31ClN4O3. The van der Waals surface area contributed by atoms with E-state index in [1.54, 1.807) is 0 Å². The van der Waals surface area contributed by atoms with E-state index in [2.05, 4.69) is 20.7 Å². The van der Waals surface area contributed by atoms with Crippen molar-refractivity contribution in [2.45, 2.75) is 33.3 Å². The minimum atomic E-state index is 0. The maximum atomic E-state index is 12.1. The number of hydrogen-bond donors (Lipinski definition) is 2. The Hall–Kier alpha value is -2.09. The molecule has 2 aromatic rings. The number of halogens is 1. The lowest BCUT2D eigenvalue weighted by atomic mass is 10.1. The van der Waals surface area contributed by atoms with Crippen molar-refractivity contribution in [2.24, 2.45) is 0 Å². The summed E-state index contributed by atoms with van der Waals surface area (Å²) >= 11 is 0. The van der Waals surface area contributed by atoms with E-state index in [1.807, 2.05) is 38.1 Å². The molecule has 0 radical (unpaired) electrons. The van der Waals surface area contributed by atoms with Crippen LogP contribution < -0.4 is 15.4 Å². The normalized spacial score (nSPS) is 14.3. The van der Waals surface area contributed by atoms with Gasteiger partial charge in [0, 0.05) is 32.7 Å². The number of carbonyl (C=O) groups is 1. The molecular weight excluding hydrogens is 392 g/mol. The third-order valence-corrected chi connectivity index (χ3v) is 5.04. The second-order valence-electron chi connectivity index (χ2n) is 7.21. The first-order chi connectivity index (χ1) is 13.6. The monoisotopic (exact) mass is 422 g/mol. The summed E-state index contributed by atoms with van der Waals surface area (Å²) in [6.07, 6.45) is 1.37. The topological polar surface area (TPSA) is 79.6 Å². The Morgan fingerprint density at radius 3 is 2.62 bits per heavy atom. The number of hydrogen-bond acceptors (Lipinski definition) is 6. The number of nitrogens with one attached hydrogen (secondary N) is 2. The fraction of sp³-hybridized carbons (Fsp3) is 0.524. The maximum absolute atomic E-state index is 12.1. The van der Waals surface area contributed by atoms with Crippen LogP contribution in [0.4, 0.5) is 0 Å². The molecule has 0 bridgehead atoms. The van der Waals surface area contributed by atoms with Gasteiger partial charge in [0.2, 0.25) is 5.91 Å². The summed E-state index contributed by atoms with van der Waals surface area (Å²) in [6, 6.07) is 7.66. The molecule has 29 heavy (non-hydrogen) atoms. The molecule has 1 aliphatic heterocycles. The zero-order chi connectivity index (χ0) is 19.8. The molecule has 0 unspecified atom stereocenters. The van der Waals surface area contributed by atoms with Crippen LogP contribution in [-0.2, 0) is 17.8 Å². The highest BCUT2D eigenvalue weighted by Gasteiger charge is 2.11. The lowest BCUT2D eigenvalue weighted by molar-refractivity contribution is -0.120. The zero-order valence-electron chi connectivity index (χ0n) is 17.2. The molecule has 1 fully saturated rings. The molecule has 1 aromatic heterocycles. The average Bonchev–Trinajstić information content (AvgIpc) is 3.03. The Morgan fingerprint density at radius 1 is 1.24 bits per heavy atom. The van der Waals surface area contributed by atoms with Gasteiger partial charge in [-0.25, -0.2) is 0 Å². The number of carbonyl (C=O) groups excluding carboxylic acids is 1. The Bertz CT molecular complexity index is 738. The van der Waals surface area contributed by atoms with Crippen LogP contribution in [0, 0.1) is 13.8 Å². The van der Waals surface area contributed by atoms with Crippen molar-refractivity contribution in [3.05, 3.63) is 46.8 Å². The fourth-order valence-electron chi connectivity index (χ4n) is 3.28. The molecule has 2 heterocycles. The van der Waals surface area contributed by atoms with E-state index < -0.39 is 0 Å². The molecule has 0 spiro atoms. The van der Waals surface area contributed by atoms with Crippen molar-refractivity contribution in [3.8, 4) is 5.75 Å². The standard InChI is InChI=1S/C21H30N4O3.ClH/c1-16-20(17(2)28-24-16)15-27-19-6-4-18(5-7-19)14-21(26)23-8-3-11-25-12-9-22-10-13-25;/h4-7,22H,3,8-15H2,1-2H3,(H,23,26);1H. The summed E-state index contributed by atoms with van der Waals surface area (Å²) in [6.45, 7) is 10.3. The number of aromatic nitrogens is 1. The van der Waals surface area contributed by atoms with Gasteiger partial charge in [-0.3, -0.25) is 4.79 Å². The summed E-state index contributed by atoms with van der Waals surface area (Å²) in [5, 5.41) is 10.3. The zero-order valence-corrected chi connectivity index (χ0v) is 18.0. The van der Waals surface area contributed by atoms with Crippen molar-refractivity contribution in [3.63, 3.8) is 0 Å². The molecule has 0 saturated carbocycles. The highest BCUT2D eigenvalue weighted by molar-refractivity contribution is 5.85. The SMILES string of the molecule is Cc1noc(C)c1COc1ccc(CC(=O)NCCCN2CCNCC2)cc1.Cl. The van der Waals surface area contributed by atoms with Gasteiger partial charge >= 0.3 is 0 Å². The van der Waals surface area contributed by atoms with Crippen molar-refractivity contribution in [1.82, 2.24) is 20.7 Å². The number of ether oxygens (including phenoxy) is 1. The van der Waals surface area contributed by atoms with Crippen molar-refractivity contribution in [1.29, 1.82) is 0 Å². The second-order valence-corrected chi connectivity index (χ2v) is 7.21. The van der Waals surface area contributed by atoms with Gasteiger partial charge in [0.25, 0.3) is 0 Å². The predicted molar refractivity (Wildman–Crippen MR) is 115 cm³/mol. The highest BCUT2D eigenvalue weighted by Crippen LogP contribution is 2.18. The number of aryl methyl sites for hydroxylation is 2. The summed E-state index contributed by atoms with van der Waals surface area (Å²) < 4.78 is 10.9. The molecule has 8 heteroatoms. The van der Waals surface area contributed by atoms with E-state index in [-0.39, 0.29) is 18.3 Å². The van der Waals surface area contributed by atoms with Crippen LogP contribution in [-0.4, -0.2) is 55.2 Å². The van der Waals surface area contributed by atoms with E-state index in [0.717, 1.165) is 74.0 Å². The lowest BCUT2D eigenvalue weighted by Crippen LogP contribution is -2.44. The summed E-state index contributed by atoms with van der Waals surface area (Å²) in [5.41, 5.74) is 2.80. The molecule has 1 aliphatic rings. The van der Waals surface area contributed by atoms with E-state index in [4.69, 9.17) is 9.26 Å². The van der Waals surface area contributed by atoms with Gasteiger partial charge < -0.3 is 24.8 Å². The fourth-order valence-corrected chi connectivity index (χ4v) is 3.28. The van der Waals surface area contributed by atoms with Gasteiger partial charge in [0.15, 0.2) is 0 Å². The molecule has 2 N–H and O–H groups in total. The van der Waals surface area contributed by atoms with Gasteiger partial charge in [-0.1, -0.05) is 17.3 Å². The Labute approximate surface area is 178 Å². The smallest absolute Gasteiger partial charge is 0.224 e. The molecule has 3 rings (SSSR count). The number of amides is 1. The summed E-state index contributed by atoms with van der Waals surface area (Å²) in [7, 11) is 0. The Kier molecular flexibility index (Phi) is 9.44. The van der Waals surface area contributed by atoms with Gasteiger partial charge in [-0.05, 0) is 44.5 Å². The summed E-state index contributed by atoms with van der Waals surface area (Å²) in [4.78, 5) is 14.6. The Balaban J connectivity index is 0.00000300.